The van der Waals surface area contributed by atoms with E-state index in [1.54, 1.807) is 35.2 Å². The fraction of sp³-hybridized carbons (Fsp3) is 0.200. The van der Waals surface area contributed by atoms with Crippen LogP contribution in [0.15, 0.2) is 36.7 Å². The van der Waals surface area contributed by atoms with Gasteiger partial charge in [0.15, 0.2) is 11.0 Å². The first-order valence-corrected chi connectivity index (χ1v) is 7.34. The largest absolute Gasteiger partial charge is 0.492 e. The lowest BCUT2D eigenvalue weighted by Crippen LogP contribution is -2.08. The van der Waals surface area contributed by atoms with Crippen molar-refractivity contribution in [2.45, 2.75) is 13.5 Å². The molecule has 3 rings (SSSR count). The monoisotopic (exact) mass is 333 g/mol. The summed E-state index contributed by atoms with van der Waals surface area (Å²) >= 11 is 5.85. The second kappa shape index (κ2) is 6.70. The minimum Gasteiger partial charge on any atom is -0.492 e. The normalized spacial score (nSPS) is 10.7. The maximum atomic E-state index is 13.3. The van der Waals surface area contributed by atoms with Crippen molar-refractivity contribution in [3.63, 3.8) is 0 Å². The minimum atomic E-state index is -0.557. The third-order valence-corrected chi connectivity index (χ3v) is 3.27. The molecule has 0 amide bonds. The highest BCUT2D eigenvalue weighted by Crippen LogP contribution is 2.22. The van der Waals surface area contributed by atoms with Crippen LogP contribution in [0.25, 0.3) is 11.5 Å². The molecule has 118 valence electrons. The van der Waals surface area contributed by atoms with E-state index >= 15 is 0 Å². The SMILES string of the molecule is CCOc1cc(Cl)nnc1Cn1ccnc1-c1cccc(F)n1. The number of pyridine rings is 1. The molecular weight excluding hydrogens is 321 g/mol. The van der Waals surface area contributed by atoms with Crippen LogP contribution in [0.3, 0.4) is 0 Å². The number of aromatic nitrogens is 5. The Morgan fingerprint density at radius 2 is 2.17 bits per heavy atom. The Kier molecular flexibility index (Phi) is 4.47. The summed E-state index contributed by atoms with van der Waals surface area (Å²) in [6.07, 6.45) is 3.37. The topological polar surface area (TPSA) is 65.7 Å². The van der Waals surface area contributed by atoms with Gasteiger partial charge in [-0.3, -0.25) is 0 Å². The zero-order valence-corrected chi connectivity index (χ0v) is 13.0. The summed E-state index contributed by atoms with van der Waals surface area (Å²) in [5.74, 6) is 0.529. The predicted molar refractivity (Wildman–Crippen MR) is 82.7 cm³/mol. The van der Waals surface area contributed by atoms with E-state index in [1.165, 1.54) is 6.07 Å². The van der Waals surface area contributed by atoms with Gasteiger partial charge < -0.3 is 9.30 Å². The summed E-state index contributed by atoms with van der Waals surface area (Å²) < 4.78 is 20.7. The van der Waals surface area contributed by atoms with Gasteiger partial charge in [-0.05, 0) is 19.1 Å². The zero-order valence-electron chi connectivity index (χ0n) is 12.3. The lowest BCUT2D eigenvalue weighted by Gasteiger charge is -2.11. The zero-order chi connectivity index (χ0) is 16.2. The molecule has 0 aliphatic carbocycles. The smallest absolute Gasteiger partial charge is 0.213 e. The highest BCUT2D eigenvalue weighted by molar-refractivity contribution is 6.29. The lowest BCUT2D eigenvalue weighted by molar-refractivity contribution is 0.332. The Labute approximate surface area is 136 Å². The summed E-state index contributed by atoms with van der Waals surface area (Å²) in [7, 11) is 0. The van der Waals surface area contributed by atoms with Crippen LogP contribution >= 0.6 is 11.6 Å². The molecule has 0 aromatic carbocycles. The molecule has 0 N–H and O–H groups in total. The molecule has 0 bridgehead atoms. The third-order valence-electron chi connectivity index (χ3n) is 3.08. The van der Waals surface area contributed by atoms with Crippen LogP contribution in [0.2, 0.25) is 5.15 Å². The first-order valence-electron chi connectivity index (χ1n) is 6.96. The van der Waals surface area contributed by atoms with Gasteiger partial charge in [0, 0.05) is 18.5 Å². The van der Waals surface area contributed by atoms with E-state index in [1.807, 2.05) is 6.92 Å². The Morgan fingerprint density at radius 1 is 1.30 bits per heavy atom. The Balaban J connectivity index is 1.95. The van der Waals surface area contributed by atoms with Crippen LogP contribution in [-0.4, -0.2) is 31.3 Å². The van der Waals surface area contributed by atoms with Gasteiger partial charge in [0.25, 0.3) is 0 Å². The summed E-state index contributed by atoms with van der Waals surface area (Å²) in [6.45, 7) is 2.71. The van der Waals surface area contributed by atoms with Crippen molar-refractivity contribution in [3.8, 4) is 17.3 Å². The molecule has 0 unspecified atom stereocenters. The molecule has 0 fully saturated rings. The molecule has 3 aromatic rings. The third kappa shape index (κ3) is 3.45. The van der Waals surface area contributed by atoms with Crippen molar-refractivity contribution in [3.05, 3.63) is 53.5 Å². The number of imidazole rings is 1. The molecule has 0 saturated carbocycles. The molecular formula is C15H13ClFN5O. The van der Waals surface area contributed by atoms with E-state index in [0.29, 0.717) is 36.1 Å². The van der Waals surface area contributed by atoms with Gasteiger partial charge >= 0.3 is 0 Å². The molecule has 0 radical (unpaired) electrons. The van der Waals surface area contributed by atoms with Crippen molar-refractivity contribution in [1.82, 2.24) is 24.7 Å². The second-order valence-corrected chi connectivity index (χ2v) is 5.02. The van der Waals surface area contributed by atoms with E-state index in [-0.39, 0.29) is 5.15 Å². The van der Waals surface area contributed by atoms with E-state index in [9.17, 15) is 4.39 Å². The van der Waals surface area contributed by atoms with E-state index < -0.39 is 5.95 Å². The fourth-order valence-electron chi connectivity index (χ4n) is 2.13. The van der Waals surface area contributed by atoms with Crippen molar-refractivity contribution in [2.75, 3.05) is 6.61 Å². The van der Waals surface area contributed by atoms with Crippen LogP contribution < -0.4 is 4.74 Å². The first kappa shape index (κ1) is 15.4. The summed E-state index contributed by atoms with van der Waals surface area (Å²) in [5.41, 5.74) is 1.04. The molecule has 8 heteroatoms. The number of nitrogens with zero attached hydrogens (tertiary/aromatic N) is 5. The van der Waals surface area contributed by atoms with E-state index in [0.717, 1.165) is 0 Å². The molecule has 3 heterocycles. The summed E-state index contributed by atoms with van der Waals surface area (Å²) in [6, 6.07) is 6.18. The first-order chi connectivity index (χ1) is 11.2. The van der Waals surface area contributed by atoms with Crippen molar-refractivity contribution in [2.24, 2.45) is 0 Å². The number of halogens is 2. The number of hydrogen-bond donors (Lipinski definition) is 0. The van der Waals surface area contributed by atoms with Gasteiger partial charge in [0.2, 0.25) is 5.95 Å². The maximum absolute atomic E-state index is 13.3. The van der Waals surface area contributed by atoms with Gasteiger partial charge in [-0.25, -0.2) is 9.97 Å². The van der Waals surface area contributed by atoms with Crippen molar-refractivity contribution < 1.29 is 9.13 Å². The molecule has 0 saturated heterocycles. The molecule has 0 spiro atoms. The number of hydrogen-bond acceptors (Lipinski definition) is 5. The second-order valence-electron chi connectivity index (χ2n) is 4.64. The van der Waals surface area contributed by atoms with Crippen molar-refractivity contribution in [1.29, 1.82) is 0 Å². The Hall–Kier alpha value is -2.54. The minimum absolute atomic E-state index is 0.259. The van der Waals surface area contributed by atoms with Crippen LogP contribution in [0.1, 0.15) is 12.6 Å². The molecule has 23 heavy (non-hydrogen) atoms. The average Bonchev–Trinajstić information content (AvgIpc) is 2.98. The van der Waals surface area contributed by atoms with E-state index in [2.05, 4.69) is 20.2 Å². The number of rotatable bonds is 5. The van der Waals surface area contributed by atoms with Gasteiger partial charge in [0.05, 0.1) is 13.2 Å². The Bertz CT molecular complexity index is 823. The standard InChI is InChI=1S/C15H13ClFN5O/c1-2-23-12-8-13(16)21-20-11(12)9-22-7-6-18-15(22)10-4-3-5-14(17)19-10/h3-8H,2,9H2,1H3. The highest BCUT2D eigenvalue weighted by atomic mass is 35.5. The molecule has 0 aliphatic rings. The van der Waals surface area contributed by atoms with Crippen LogP contribution in [0.4, 0.5) is 4.39 Å². The predicted octanol–water partition coefficient (Wildman–Crippen LogP) is 2.97. The van der Waals surface area contributed by atoms with Crippen LogP contribution in [0.5, 0.6) is 5.75 Å². The van der Waals surface area contributed by atoms with Gasteiger partial charge in [0.1, 0.15) is 17.1 Å². The highest BCUT2D eigenvalue weighted by Gasteiger charge is 2.13. The molecule has 3 aromatic heterocycles. The van der Waals surface area contributed by atoms with Crippen molar-refractivity contribution >= 4 is 11.6 Å². The number of ether oxygens (including phenoxy) is 1. The van der Waals surface area contributed by atoms with Crippen LogP contribution in [0, 0.1) is 5.95 Å². The van der Waals surface area contributed by atoms with Crippen LogP contribution in [-0.2, 0) is 6.54 Å². The molecule has 0 atom stereocenters. The van der Waals surface area contributed by atoms with Gasteiger partial charge in [-0.15, -0.1) is 10.2 Å². The summed E-state index contributed by atoms with van der Waals surface area (Å²) in [5, 5.41) is 8.18. The summed E-state index contributed by atoms with van der Waals surface area (Å²) in [4.78, 5) is 8.09. The average molecular weight is 334 g/mol. The molecule has 0 aliphatic heterocycles. The lowest BCUT2D eigenvalue weighted by atomic mass is 10.3. The maximum Gasteiger partial charge on any atom is 0.213 e. The van der Waals surface area contributed by atoms with E-state index in [4.69, 9.17) is 16.3 Å². The van der Waals surface area contributed by atoms with Gasteiger partial charge in [-0.2, -0.15) is 4.39 Å². The Morgan fingerprint density at radius 3 is 2.96 bits per heavy atom. The fourth-order valence-corrected chi connectivity index (χ4v) is 2.27. The molecule has 6 nitrogen and oxygen atoms in total. The van der Waals surface area contributed by atoms with Gasteiger partial charge in [-0.1, -0.05) is 17.7 Å². The quantitative estimate of drug-likeness (QED) is 0.672.